The van der Waals surface area contributed by atoms with Gasteiger partial charge >= 0.3 is 11.4 Å². The van der Waals surface area contributed by atoms with Crippen molar-refractivity contribution in [1.82, 2.24) is 0 Å². The quantitative estimate of drug-likeness (QED) is 0.181. The molecule has 16 heavy (non-hydrogen) atoms. The third-order valence-corrected chi connectivity index (χ3v) is 1.91. The minimum atomic E-state index is -2.61. The number of carbonyl (C=O) groups excluding carboxylic acids is 1. The van der Waals surface area contributed by atoms with Crippen LogP contribution in [0.5, 0.6) is 0 Å². The van der Waals surface area contributed by atoms with Crippen molar-refractivity contribution in [2.75, 3.05) is 6.61 Å². The summed E-state index contributed by atoms with van der Waals surface area (Å²) in [5.74, 6) is 0. The molecule has 0 aromatic heterocycles. The first-order chi connectivity index (χ1) is 6.90. The fraction of sp³-hybridized carbons (Fsp3) is 0.833. The molecule has 1 radical (unpaired) electrons. The van der Waals surface area contributed by atoms with Crippen LogP contribution >= 0.6 is 0 Å². The smallest absolute Gasteiger partial charge is 0.301 e. The van der Waals surface area contributed by atoms with E-state index in [0.29, 0.717) is 0 Å². The standard InChI is InChI=1S/C6H12O8S.Na/c7-1-3(8)5(10)6(11)4(9)2-14-15(12)13;/h1,3-6,8-11H,2H2,(H,12,13);/t3-,4+,5+,6+;/m0./s1. The number of aliphatic hydroxyl groups is 4. The minimum Gasteiger partial charge on any atom is -0.388 e. The van der Waals surface area contributed by atoms with Gasteiger partial charge in [-0.15, -0.1) is 0 Å². The molecule has 5 atom stereocenters. The van der Waals surface area contributed by atoms with E-state index in [-0.39, 0.29) is 35.8 Å². The van der Waals surface area contributed by atoms with E-state index in [4.69, 9.17) is 25.0 Å². The number of carbonyl (C=O) groups is 1. The van der Waals surface area contributed by atoms with Crippen LogP contribution in [0.2, 0.25) is 0 Å². The molecule has 8 nitrogen and oxygen atoms in total. The Hall–Kier alpha value is 0.580. The van der Waals surface area contributed by atoms with Gasteiger partial charge in [0, 0.05) is 29.6 Å². The number of rotatable bonds is 7. The summed E-state index contributed by atoms with van der Waals surface area (Å²) in [7, 11) is 0. The predicted octanol–water partition coefficient (Wildman–Crippen LogP) is -3.60. The van der Waals surface area contributed by atoms with E-state index in [0.717, 1.165) is 0 Å². The number of hydrogen-bond acceptors (Lipinski definition) is 7. The second-order valence-corrected chi connectivity index (χ2v) is 3.35. The molecule has 0 spiro atoms. The van der Waals surface area contributed by atoms with Crippen LogP contribution in [0.25, 0.3) is 0 Å². The summed E-state index contributed by atoms with van der Waals surface area (Å²) < 4.78 is 22.2. The zero-order chi connectivity index (χ0) is 12.0. The average molecular weight is 267 g/mol. The molecule has 5 N–H and O–H groups in total. The summed E-state index contributed by atoms with van der Waals surface area (Å²) in [6.45, 7) is -0.729. The van der Waals surface area contributed by atoms with Crippen molar-refractivity contribution >= 4 is 47.2 Å². The van der Waals surface area contributed by atoms with Crippen molar-refractivity contribution in [2.24, 2.45) is 0 Å². The van der Waals surface area contributed by atoms with Gasteiger partial charge in [0.1, 0.15) is 24.4 Å². The maximum atomic E-state index is 10.0. The normalized spacial score (nSPS) is 20.1. The Morgan fingerprint density at radius 3 is 2.06 bits per heavy atom. The Morgan fingerprint density at radius 2 is 1.69 bits per heavy atom. The Balaban J connectivity index is 0. The molecule has 0 aromatic rings. The van der Waals surface area contributed by atoms with Crippen LogP contribution in [-0.2, 0) is 20.3 Å². The van der Waals surface area contributed by atoms with E-state index in [1.807, 2.05) is 0 Å². The molecule has 91 valence electrons. The molecule has 10 heteroatoms. The summed E-state index contributed by atoms with van der Waals surface area (Å²) in [6.07, 6.45) is -7.34. The Kier molecular flexibility index (Phi) is 11.4. The molecule has 0 aliphatic rings. The largest absolute Gasteiger partial charge is 0.388 e. The van der Waals surface area contributed by atoms with Crippen molar-refractivity contribution in [3.63, 3.8) is 0 Å². The van der Waals surface area contributed by atoms with Crippen molar-refractivity contribution in [3.8, 4) is 0 Å². The monoisotopic (exact) mass is 267 g/mol. The van der Waals surface area contributed by atoms with Crippen LogP contribution < -0.4 is 0 Å². The number of aliphatic hydroxyl groups excluding tert-OH is 4. The van der Waals surface area contributed by atoms with Crippen molar-refractivity contribution < 1.29 is 38.2 Å². The molecule has 0 rings (SSSR count). The predicted molar refractivity (Wildman–Crippen MR) is 52.6 cm³/mol. The second-order valence-electron chi connectivity index (χ2n) is 2.68. The van der Waals surface area contributed by atoms with Crippen LogP contribution in [0.4, 0.5) is 0 Å². The number of aldehydes is 1. The van der Waals surface area contributed by atoms with Gasteiger partial charge in [0.25, 0.3) is 0 Å². The Bertz CT molecular complexity index is 227. The summed E-state index contributed by atoms with van der Waals surface area (Å²) in [5.41, 5.74) is 0. The van der Waals surface area contributed by atoms with Gasteiger partial charge < -0.3 is 25.2 Å². The zero-order valence-corrected chi connectivity index (χ0v) is 11.3. The van der Waals surface area contributed by atoms with Crippen LogP contribution in [0, 0.1) is 0 Å². The molecule has 0 saturated carbocycles. The van der Waals surface area contributed by atoms with Crippen LogP contribution in [0.3, 0.4) is 0 Å². The van der Waals surface area contributed by atoms with E-state index >= 15 is 0 Å². The van der Waals surface area contributed by atoms with Gasteiger partial charge in [-0.25, -0.2) is 0 Å². The van der Waals surface area contributed by atoms with Crippen molar-refractivity contribution in [1.29, 1.82) is 0 Å². The van der Waals surface area contributed by atoms with Gasteiger partial charge in [-0.2, -0.15) is 4.21 Å². The fourth-order valence-corrected chi connectivity index (χ4v) is 0.992. The molecule has 0 aliphatic heterocycles. The zero-order valence-electron chi connectivity index (χ0n) is 8.46. The molecular weight excluding hydrogens is 255 g/mol. The van der Waals surface area contributed by atoms with E-state index < -0.39 is 42.4 Å². The van der Waals surface area contributed by atoms with E-state index in [1.54, 1.807) is 0 Å². The molecular formula is C6H12NaO8S. The van der Waals surface area contributed by atoms with Crippen molar-refractivity contribution in [3.05, 3.63) is 0 Å². The fourth-order valence-electron chi connectivity index (χ4n) is 0.737. The molecule has 0 aromatic carbocycles. The summed E-state index contributed by atoms with van der Waals surface area (Å²) in [6, 6.07) is 0. The second kappa shape index (κ2) is 9.59. The third kappa shape index (κ3) is 7.01. The van der Waals surface area contributed by atoms with Crippen LogP contribution in [0.1, 0.15) is 0 Å². The van der Waals surface area contributed by atoms with Gasteiger partial charge in [0.2, 0.25) is 0 Å². The van der Waals surface area contributed by atoms with Gasteiger partial charge in [-0.1, -0.05) is 0 Å². The SMILES string of the molecule is O=C[C@H](O)[C@@H](O)[C@H](O)[C@H](O)COS(=O)O.[Na]. The molecule has 0 fully saturated rings. The third-order valence-electron chi connectivity index (χ3n) is 1.57. The number of hydrogen-bond donors (Lipinski definition) is 5. The van der Waals surface area contributed by atoms with Crippen LogP contribution in [0.15, 0.2) is 0 Å². The van der Waals surface area contributed by atoms with Gasteiger partial charge in [-0.3, -0.25) is 8.74 Å². The minimum absolute atomic E-state index is 0. The average Bonchev–Trinajstić information content (AvgIpc) is 2.22. The molecule has 0 amide bonds. The summed E-state index contributed by atoms with van der Waals surface area (Å²) in [4.78, 5) is 10.0. The maximum Gasteiger partial charge on any atom is 0.301 e. The molecule has 0 aliphatic carbocycles. The van der Waals surface area contributed by atoms with Gasteiger partial charge in [0.05, 0.1) is 6.61 Å². The van der Waals surface area contributed by atoms with Crippen LogP contribution in [-0.4, -0.2) is 96.1 Å². The van der Waals surface area contributed by atoms with E-state index in [1.165, 1.54) is 0 Å². The van der Waals surface area contributed by atoms with Gasteiger partial charge in [0.15, 0.2) is 6.29 Å². The molecule has 1 unspecified atom stereocenters. The topological polar surface area (TPSA) is 145 Å². The first kappa shape index (κ1) is 18.9. The molecule has 0 saturated heterocycles. The first-order valence-corrected chi connectivity index (χ1v) is 4.85. The first-order valence-electron chi connectivity index (χ1n) is 3.81. The van der Waals surface area contributed by atoms with E-state index in [2.05, 4.69) is 4.18 Å². The molecule has 0 heterocycles. The molecule has 0 bridgehead atoms. The Morgan fingerprint density at radius 1 is 1.19 bits per heavy atom. The Labute approximate surface area is 116 Å². The summed E-state index contributed by atoms with van der Waals surface area (Å²) in [5, 5.41) is 36.0. The summed E-state index contributed by atoms with van der Waals surface area (Å²) >= 11 is -2.61. The maximum absolute atomic E-state index is 10.0. The van der Waals surface area contributed by atoms with E-state index in [9.17, 15) is 9.00 Å². The van der Waals surface area contributed by atoms with Crippen molar-refractivity contribution in [2.45, 2.75) is 24.4 Å². The van der Waals surface area contributed by atoms with Gasteiger partial charge in [-0.05, 0) is 0 Å².